The molecule has 0 fully saturated rings. The van der Waals surface area contributed by atoms with E-state index in [-0.39, 0.29) is 11.8 Å². The largest absolute Gasteiger partial charge is 0.497 e. The van der Waals surface area contributed by atoms with E-state index < -0.39 is 0 Å². The molecule has 1 aromatic rings. The maximum absolute atomic E-state index is 11.3. The van der Waals surface area contributed by atoms with Crippen LogP contribution in [0.15, 0.2) is 36.4 Å². The van der Waals surface area contributed by atoms with Crippen LogP contribution in [0.5, 0.6) is 11.5 Å². The van der Waals surface area contributed by atoms with Gasteiger partial charge >= 0.3 is 0 Å². The molecule has 1 heterocycles. The fourth-order valence-electron chi connectivity index (χ4n) is 1.74. The van der Waals surface area contributed by atoms with Gasteiger partial charge in [-0.25, -0.2) is 0 Å². The number of carbonyl (C=O) groups excluding carboxylic acids is 2. The van der Waals surface area contributed by atoms with E-state index in [4.69, 9.17) is 9.47 Å². The Kier molecular flexibility index (Phi) is 4.18. The van der Waals surface area contributed by atoms with Gasteiger partial charge in [-0.05, 0) is 30.7 Å². The quantitative estimate of drug-likeness (QED) is 0.573. The Morgan fingerprint density at radius 2 is 1.58 bits per heavy atom. The third-order valence-corrected chi connectivity index (χ3v) is 2.75. The number of rotatable bonds is 6. The molecular weight excluding hydrogens is 246 g/mol. The van der Waals surface area contributed by atoms with E-state index >= 15 is 0 Å². The molecule has 0 unspecified atom stereocenters. The van der Waals surface area contributed by atoms with Gasteiger partial charge in [0.25, 0.3) is 11.8 Å². The fourth-order valence-corrected chi connectivity index (χ4v) is 1.74. The van der Waals surface area contributed by atoms with E-state index in [0.29, 0.717) is 19.6 Å². The Bertz CT molecular complexity index is 475. The summed E-state index contributed by atoms with van der Waals surface area (Å²) in [5.41, 5.74) is 0. The monoisotopic (exact) mass is 261 g/mol. The number of amides is 2. The van der Waals surface area contributed by atoms with E-state index in [9.17, 15) is 9.59 Å². The summed E-state index contributed by atoms with van der Waals surface area (Å²) < 4.78 is 10.6. The highest BCUT2D eigenvalue weighted by Crippen LogP contribution is 2.17. The topological polar surface area (TPSA) is 55.8 Å². The minimum Gasteiger partial charge on any atom is -0.497 e. The van der Waals surface area contributed by atoms with Gasteiger partial charge in [0, 0.05) is 18.7 Å². The van der Waals surface area contributed by atoms with Gasteiger partial charge in [-0.1, -0.05) is 0 Å². The van der Waals surface area contributed by atoms with Crippen molar-refractivity contribution >= 4 is 11.8 Å². The molecule has 2 amide bonds. The third kappa shape index (κ3) is 3.34. The molecule has 1 aromatic carbocycles. The van der Waals surface area contributed by atoms with Crippen LogP contribution in [-0.4, -0.2) is 37.0 Å². The zero-order valence-corrected chi connectivity index (χ0v) is 10.7. The summed E-state index contributed by atoms with van der Waals surface area (Å²) in [5, 5.41) is 0. The molecule has 100 valence electrons. The Morgan fingerprint density at radius 3 is 2.16 bits per heavy atom. The van der Waals surface area contributed by atoms with Crippen LogP contribution in [-0.2, 0) is 9.59 Å². The lowest BCUT2D eigenvalue weighted by Crippen LogP contribution is -2.31. The molecule has 19 heavy (non-hydrogen) atoms. The molecule has 0 atom stereocenters. The molecule has 0 bridgehead atoms. The highest BCUT2D eigenvalue weighted by atomic mass is 16.5. The summed E-state index contributed by atoms with van der Waals surface area (Å²) in [7, 11) is 1.61. The lowest BCUT2D eigenvalue weighted by molar-refractivity contribution is -0.136. The first-order chi connectivity index (χ1) is 9.20. The van der Waals surface area contributed by atoms with Crippen LogP contribution in [0.4, 0.5) is 0 Å². The number of carbonyl (C=O) groups is 2. The van der Waals surface area contributed by atoms with Gasteiger partial charge < -0.3 is 9.47 Å². The van der Waals surface area contributed by atoms with Crippen LogP contribution in [0.25, 0.3) is 0 Å². The molecule has 0 saturated heterocycles. The van der Waals surface area contributed by atoms with Crippen molar-refractivity contribution in [2.45, 2.75) is 6.42 Å². The van der Waals surface area contributed by atoms with Gasteiger partial charge in [0.05, 0.1) is 13.7 Å². The minimum atomic E-state index is -0.255. The number of nitrogens with zero attached hydrogens (tertiary/aromatic N) is 1. The minimum absolute atomic E-state index is 0.255. The average molecular weight is 261 g/mol. The van der Waals surface area contributed by atoms with E-state index in [1.165, 1.54) is 17.1 Å². The van der Waals surface area contributed by atoms with Gasteiger partial charge in [-0.3, -0.25) is 14.5 Å². The van der Waals surface area contributed by atoms with E-state index in [2.05, 4.69) is 0 Å². The van der Waals surface area contributed by atoms with Crippen molar-refractivity contribution in [3.63, 3.8) is 0 Å². The first-order valence-corrected chi connectivity index (χ1v) is 6.01. The van der Waals surface area contributed by atoms with E-state index in [1.807, 2.05) is 24.3 Å². The van der Waals surface area contributed by atoms with Crippen LogP contribution in [0.3, 0.4) is 0 Å². The predicted octanol–water partition coefficient (Wildman–Crippen LogP) is 1.39. The number of methoxy groups -OCH3 is 1. The molecule has 1 aliphatic rings. The maximum Gasteiger partial charge on any atom is 0.253 e. The smallest absolute Gasteiger partial charge is 0.253 e. The summed E-state index contributed by atoms with van der Waals surface area (Å²) in [6, 6.07) is 7.25. The maximum atomic E-state index is 11.3. The Balaban J connectivity index is 1.72. The molecule has 0 saturated carbocycles. The first-order valence-electron chi connectivity index (χ1n) is 6.01. The summed E-state index contributed by atoms with van der Waals surface area (Å²) in [5.74, 6) is 0.994. The van der Waals surface area contributed by atoms with E-state index in [0.717, 1.165) is 11.5 Å². The summed E-state index contributed by atoms with van der Waals surface area (Å²) in [6.45, 7) is 0.824. The number of ether oxygens (including phenoxy) is 2. The normalized spacial score (nSPS) is 14.1. The Labute approximate surface area is 111 Å². The molecule has 0 aromatic heterocycles. The molecule has 5 heteroatoms. The SMILES string of the molecule is COc1ccc(OCCCN2C(=O)C=CC2=O)cc1. The highest BCUT2D eigenvalue weighted by molar-refractivity contribution is 6.12. The van der Waals surface area contributed by atoms with Crippen molar-refractivity contribution < 1.29 is 19.1 Å². The first kappa shape index (κ1) is 13.1. The number of benzene rings is 1. The Hall–Kier alpha value is -2.30. The van der Waals surface area contributed by atoms with Crippen molar-refractivity contribution in [2.75, 3.05) is 20.3 Å². The second-order valence-electron chi connectivity index (χ2n) is 4.04. The van der Waals surface area contributed by atoms with Gasteiger partial charge in [-0.2, -0.15) is 0 Å². The fraction of sp³-hybridized carbons (Fsp3) is 0.286. The van der Waals surface area contributed by atoms with Gasteiger partial charge in [0.15, 0.2) is 0 Å². The van der Waals surface area contributed by atoms with Gasteiger partial charge in [0.1, 0.15) is 11.5 Å². The number of hydrogen-bond acceptors (Lipinski definition) is 4. The van der Waals surface area contributed by atoms with Gasteiger partial charge in [-0.15, -0.1) is 0 Å². The molecule has 1 aliphatic heterocycles. The Morgan fingerprint density at radius 1 is 1.00 bits per heavy atom. The summed E-state index contributed by atoms with van der Waals surface area (Å²) >= 11 is 0. The van der Waals surface area contributed by atoms with Crippen molar-refractivity contribution in [3.05, 3.63) is 36.4 Å². The lowest BCUT2D eigenvalue weighted by atomic mass is 10.3. The number of imide groups is 1. The van der Waals surface area contributed by atoms with Crippen molar-refractivity contribution in [1.29, 1.82) is 0 Å². The highest BCUT2D eigenvalue weighted by Gasteiger charge is 2.22. The van der Waals surface area contributed by atoms with E-state index in [1.54, 1.807) is 7.11 Å². The zero-order chi connectivity index (χ0) is 13.7. The van der Waals surface area contributed by atoms with Crippen LogP contribution < -0.4 is 9.47 Å². The molecule has 0 aliphatic carbocycles. The predicted molar refractivity (Wildman–Crippen MR) is 69.0 cm³/mol. The van der Waals surface area contributed by atoms with Gasteiger partial charge in [0.2, 0.25) is 0 Å². The average Bonchev–Trinajstić information content (AvgIpc) is 2.75. The molecular formula is C14H15NO4. The second kappa shape index (κ2) is 6.04. The summed E-state index contributed by atoms with van der Waals surface area (Å²) in [6.07, 6.45) is 3.17. The number of hydrogen-bond donors (Lipinski definition) is 0. The van der Waals surface area contributed by atoms with Crippen LogP contribution in [0.1, 0.15) is 6.42 Å². The second-order valence-corrected chi connectivity index (χ2v) is 4.04. The summed E-state index contributed by atoms with van der Waals surface area (Å²) in [4.78, 5) is 23.8. The standard InChI is InChI=1S/C14H15NO4/c1-18-11-3-5-12(6-4-11)19-10-2-9-15-13(16)7-8-14(15)17/h3-8H,2,9-10H2,1H3. The molecule has 0 N–H and O–H groups in total. The van der Waals surface area contributed by atoms with Crippen LogP contribution in [0, 0.1) is 0 Å². The zero-order valence-electron chi connectivity index (χ0n) is 10.7. The molecule has 2 rings (SSSR count). The van der Waals surface area contributed by atoms with Crippen LogP contribution >= 0.6 is 0 Å². The van der Waals surface area contributed by atoms with Crippen molar-refractivity contribution in [2.24, 2.45) is 0 Å². The molecule has 0 spiro atoms. The molecule has 0 radical (unpaired) electrons. The van der Waals surface area contributed by atoms with Crippen LogP contribution in [0.2, 0.25) is 0 Å². The van der Waals surface area contributed by atoms with Crippen molar-refractivity contribution in [1.82, 2.24) is 4.90 Å². The molecule has 5 nitrogen and oxygen atoms in total. The lowest BCUT2D eigenvalue weighted by Gasteiger charge is -2.13. The van der Waals surface area contributed by atoms with Crippen molar-refractivity contribution in [3.8, 4) is 11.5 Å². The third-order valence-electron chi connectivity index (χ3n) is 2.75.